The average molecular weight is 558 g/mol. The highest BCUT2D eigenvalue weighted by Gasteiger charge is 2.34. The van der Waals surface area contributed by atoms with Crippen molar-refractivity contribution in [3.05, 3.63) is 113 Å². The van der Waals surface area contributed by atoms with Crippen molar-refractivity contribution in [3.8, 4) is 5.69 Å². The lowest BCUT2D eigenvalue weighted by molar-refractivity contribution is -0.143. The minimum atomic E-state index is -0.978. The van der Waals surface area contributed by atoms with Gasteiger partial charge in [-0.05, 0) is 48.4 Å². The van der Waals surface area contributed by atoms with Crippen LogP contribution < -0.4 is 10.2 Å². The molecule has 1 aromatic heterocycles. The summed E-state index contributed by atoms with van der Waals surface area (Å²) in [7, 11) is 1.28. The van der Waals surface area contributed by atoms with Gasteiger partial charge in [-0.2, -0.15) is 5.10 Å². The summed E-state index contributed by atoms with van der Waals surface area (Å²) in [5.41, 5.74) is 3.16. The van der Waals surface area contributed by atoms with Crippen LogP contribution in [0.3, 0.4) is 0 Å². The highest BCUT2D eigenvalue weighted by Crippen LogP contribution is 2.31. The van der Waals surface area contributed by atoms with Crippen molar-refractivity contribution in [2.75, 3.05) is 18.6 Å². The molecule has 3 aromatic carbocycles. The average Bonchev–Trinajstić information content (AvgIpc) is 3.47. The number of hydrogen-bond donors (Lipinski definition) is 1. The number of urea groups is 1. The number of ether oxygens (including phenoxy) is 1. The number of anilines is 1. The summed E-state index contributed by atoms with van der Waals surface area (Å²) < 4.78 is 6.62. The molecule has 1 aliphatic heterocycles. The predicted molar refractivity (Wildman–Crippen MR) is 151 cm³/mol. The molecule has 2 atom stereocenters. The summed E-state index contributed by atoms with van der Waals surface area (Å²) in [6, 6.07) is 21.5. The van der Waals surface area contributed by atoms with Crippen LogP contribution in [0.4, 0.5) is 10.5 Å². The van der Waals surface area contributed by atoms with Crippen LogP contribution in [0.2, 0.25) is 5.02 Å². The van der Waals surface area contributed by atoms with Crippen molar-refractivity contribution >= 4 is 35.2 Å². The fourth-order valence-corrected chi connectivity index (χ4v) is 5.06. The molecule has 0 aliphatic carbocycles. The summed E-state index contributed by atoms with van der Waals surface area (Å²) in [6.07, 6.45) is 3.46. The van der Waals surface area contributed by atoms with E-state index in [1.165, 1.54) is 7.11 Å². The minimum absolute atomic E-state index is 0.217. The van der Waals surface area contributed by atoms with Crippen LogP contribution >= 0.6 is 11.6 Å². The summed E-state index contributed by atoms with van der Waals surface area (Å²) in [6.45, 7) is 2.32. The first-order chi connectivity index (χ1) is 19.4. The Kier molecular flexibility index (Phi) is 7.84. The number of nitrogens with zero attached hydrogens (tertiary/aromatic N) is 4. The number of esters is 1. The molecule has 0 spiro atoms. The molecular formula is C30H28ClN5O4. The largest absolute Gasteiger partial charge is 0.467 e. The van der Waals surface area contributed by atoms with E-state index in [4.69, 9.17) is 16.3 Å². The highest BCUT2D eigenvalue weighted by molar-refractivity contribution is 6.34. The fourth-order valence-electron chi connectivity index (χ4n) is 4.81. The Hall–Kier alpha value is -4.63. The van der Waals surface area contributed by atoms with Gasteiger partial charge in [0, 0.05) is 37.2 Å². The number of halogens is 1. The highest BCUT2D eigenvalue weighted by atomic mass is 35.5. The molecule has 0 saturated carbocycles. The molecular weight excluding hydrogens is 530 g/mol. The molecule has 5 rings (SSSR count). The molecule has 0 bridgehead atoms. The molecule has 204 valence electrons. The van der Waals surface area contributed by atoms with Crippen LogP contribution in [-0.2, 0) is 16.1 Å². The third-order valence-corrected chi connectivity index (χ3v) is 7.21. The Morgan fingerprint density at radius 1 is 1.02 bits per heavy atom. The van der Waals surface area contributed by atoms with E-state index < -0.39 is 24.1 Å². The van der Waals surface area contributed by atoms with Gasteiger partial charge in [0.05, 0.1) is 23.4 Å². The van der Waals surface area contributed by atoms with Gasteiger partial charge < -0.3 is 19.9 Å². The number of rotatable bonds is 5. The SMILES string of the molecule is COC(=O)[C@@H](NC(=O)N1Cc2ccccc2N(C(=O)c2ccc(-n3cccn3)cc2Cl)C[C@H]1C)c1ccccc1. The third-order valence-electron chi connectivity index (χ3n) is 6.90. The lowest BCUT2D eigenvalue weighted by Crippen LogP contribution is -2.50. The van der Waals surface area contributed by atoms with Crippen LogP contribution in [0.1, 0.15) is 34.5 Å². The monoisotopic (exact) mass is 557 g/mol. The van der Waals surface area contributed by atoms with E-state index >= 15 is 0 Å². The number of aromatic nitrogens is 2. The number of para-hydroxylation sites is 1. The van der Waals surface area contributed by atoms with Crippen molar-refractivity contribution in [3.63, 3.8) is 0 Å². The molecule has 2 heterocycles. The van der Waals surface area contributed by atoms with E-state index in [1.54, 1.807) is 75.4 Å². The maximum Gasteiger partial charge on any atom is 0.333 e. The first-order valence-electron chi connectivity index (χ1n) is 12.8. The maximum absolute atomic E-state index is 13.9. The number of methoxy groups -OCH3 is 1. The summed E-state index contributed by atoms with van der Waals surface area (Å²) in [4.78, 5) is 43.3. The van der Waals surface area contributed by atoms with Crippen molar-refractivity contribution in [1.29, 1.82) is 0 Å². The van der Waals surface area contributed by atoms with Gasteiger partial charge in [0.1, 0.15) is 0 Å². The lowest BCUT2D eigenvalue weighted by atomic mass is 10.1. The molecule has 4 aromatic rings. The Labute approximate surface area is 236 Å². The molecule has 3 amide bonds. The summed E-state index contributed by atoms with van der Waals surface area (Å²) in [5, 5.41) is 7.34. The van der Waals surface area contributed by atoms with Crippen LogP contribution in [0, 0.1) is 0 Å². The summed E-state index contributed by atoms with van der Waals surface area (Å²) in [5.74, 6) is -0.859. The first kappa shape index (κ1) is 27.0. The van der Waals surface area contributed by atoms with E-state index in [2.05, 4.69) is 10.4 Å². The Balaban J connectivity index is 1.42. The van der Waals surface area contributed by atoms with Crippen LogP contribution in [0.5, 0.6) is 0 Å². The number of carbonyl (C=O) groups excluding carboxylic acids is 3. The molecule has 9 nitrogen and oxygen atoms in total. The van der Waals surface area contributed by atoms with E-state index in [-0.39, 0.29) is 19.0 Å². The maximum atomic E-state index is 13.9. The summed E-state index contributed by atoms with van der Waals surface area (Å²) >= 11 is 6.60. The van der Waals surface area contributed by atoms with Crippen molar-refractivity contribution in [2.24, 2.45) is 0 Å². The van der Waals surface area contributed by atoms with Gasteiger partial charge in [-0.1, -0.05) is 60.1 Å². The second-order valence-corrected chi connectivity index (χ2v) is 9.86. The van der Waals surface area contributed by atoms with Gasteiger partial charge in [-0.15, -0.1) is 0 Å². The smallest absolute Gasteiger partial charge is 0.333 e. The molecule has 0 fully saturated rings. The van der Waals surface area contributed by atoms with Crippen LogP contribution in [-0.4, -0.2) is 52.3 Å². The Bertz CT molecular complexity index is 1530. The van der Waals surface area contributed by atoms with Crippen molar-refractivity contribution in [2.45, 2.75) is 25.6 Å². The number of hydrogen-bond acceptors (Lipinski definition) is 5. The molecule has 0 unspecified atom stereocenters. The molecule has 10 heteroatoms. The third kappa shape index (κ3) is 5.41. The van der Waals surface area contributed by atoms with Gasteiger partial charge in [-0.25, -0.2) is 14.3 Å². The topological polar surface area (TPSA) is 96.8 Å². The second kappa shape index (κ2) is 11.6. The van der Waals surface area contributed by atoms with E-state index in [9.17, 15) is 14.4 Å². The molecule has 40 heavy (non-hydrogen) atoms. The number of amides is 3. The van der Waals surface area contributed by atoms with E-state index in [0.29, 0.717) is 21.8 Å². The fraction of sp³-hybridized carbons (Fsp3) is 0.200. The predicted octanol–water partition coefficient (Wildman–Crippen LogP) is 5.00. The van der Waals surface area contributed by atoms with Crippen LogP contribution in [0.25, 0.3) is 5.69 Å². The first-order valence-corrected chi connectivity index (χ1v) is 13.1. The standard InChI is InChI=1S/C30H28ClN5O4/c1-20-18-35(28(37)24-14-13-23(17-25(24)31)36-16-8-15-32-36)26-12-7-6-11-22(26)19-34(20)30(39)33-27(29(38)40-2)21-9-4-3-5-10-21/h3-17,20,27H,18-19H2,1-2H3,(H,33,39)/t20-,27+/m1/s1. The quantitative estimate of drug-likeness (QED) is 0.348. The molecule has 1 aliphatic rings. The lowest BCUT2D eigenvalue weighted by Gasteiger charge is -2.30. The van der Waals surface area contributed by atoms with Crippen molar-refractivity contribution in [1.82, 2.24) is 20.0 Å². The van der Waals surface area contributed by atoms with E-state index in [0.717, 1.165) is 11.3 Å². The number of fused-ring (bicyclic) bond motifs is 1. The minimum Gasteiger partial charge on any atom is -0.467 e. The van der Waals surface area contributed by atoms with Gasteiger partial charge in [-0.3, -0.25) is 4.79 Å². The van der Waals surface area contributed by atoms with Gasteiger partial charge in [0.15, 0.2) is 6.04 Å². The zero-order chi connectivity index (χ0) is 28.2. The Morgan fingerprint density at radius 3 is 2.48 bits per heavy atom. The zero-order valence-electron chi connectivity index (χ0n) is 22.0. The van der Waals surface area contributed by atoms with Gasteiger partial charge in [0.25, 0.3) is 5.91 Å². The van der Waals surface area contributed by atoms with Crippen molar-refractivity contribution < 1.29 is 19.1 Å². The van der Waals surface area contributed by atoms with Gasteiger partial charge >= 0.3 is 12.0 Å². The zero-order valence-corrected chi connectivity index (χ0v) is 22.8. The number of nitrogens with one attached hydrogen (secondary N) is 1. The Morgan fingerprint density at radius 2 is 1.77 bits per heavy atom. The second-order valence-electron chi connectivity index (χ2n) is 9.45. The van der Waals surface area contributed by atoms with E-state index in [1.807, 2.05) is 37.3 Å². The molecule has 1 N–H and O–H groups in total. The number of carbonyl (C=O) groups is 3. The normalized spacial score (nSPS) is 15.5. The molecule has 0 radical (unpaired) electrons. The van der Waals surface area contributed by atoms with Crippen LogP contribution in [0.15, 0.2) is 91.3 Å². The molecule has 0 saturated heterocycles. The number of benzene rings is 3. The van der Waals surface area contributed by atoms with Gasteiger partial charge in [0.2, 0.25) is 0 Å².